The summed E-state index contributed by atoms with van der Waals surface area (Å²) in [6.07, 6.45) is 5.50. The second-order valence-corrected chi connectivity index (χ2v) is 10.5. The summed E-state index contributed by atoms with van der Waals surface area (Å²) in [7, 11) is 0. The molecule has 2 aliphatic rings. The van der Waals surface area contributed by atoms with Crippen molar-refractivity contribution >= 4 is 40.1 Å². The van der Waals surface area contributed by atoms with Crippen LogP contribution in [0.3, 0.4) is 0 Å². The Labute approximate surface area is 206 Å². The van der Waals surface area contributed by atoms with Crippen LogP contribution in [0.2, 0.25) is 5.02 Å². The first kappa shape index (κ1) is 23.4. The zero-order valence-electron chi connectivity index (χ0n) is 18.8. The molecule has 3 aromatic rings. The number of pyridine rings is 1. The van der Waals surface area contributed by atoms with E-state index in [1.165, 1.54) is 0 Å². The predicted octanol–water partition coefficient (Wildman–Crippen LogP) is 3.92. The molecular formula is C24H28ClN5O3S. The van der Waals surface area contributed by atoms with E-state index in [0.29, 0.717) is 11.6 Å². The van der Waals surface area contributed by atoms with Gasteiger partial charge in [0.1, 0.15) is 5.02 Å². The number of aromatic amines is 1. The van der Waals surface area contributed by atoms with E-state index in [1.54, 1.807) is 28.9 Å². The lowest BCUT2D eigenvalue weighted by Gasteiger charge is -2.31. The van der Waals surface area contributed by atoms with Crippen LogP contribution in [0.4, 0.5) is 5.69 Å². The number of nitrogens with one attached hydrogen (secondary N) is 2. The van der Waals surface area contributed by atoms with E-state index in [1.807, 2.05) is 18.2 Å². The van der Waals surface area contributed by atoms with Crippen LogP contribution in [0, 0.1) is 5.92 Å². The van der Waals surface area contributed by atoms with Crippen molar-refractivity contribution in [2.75, 3.05) is 38.2 Å². The number of H-pyrrole nitrogens is 1. The molecule has 0 saturated carbocycles. The number of aromatic nitrogens is 3. The fraction of sp³-hybridized carbons (Fsp3) is 0.458. The van der Waals surface area contributed by atoms with Crippen molar-refractivity contribution in [2.24, 2.45) is 5.92 Å². The highest BCUT2D eigenvalue weighted by Crippen LogP contribution is 2.31. The first-order valence-electron chi connectivity index (χ1n) is 11.7. The van der Waals surface area contributed by atoms with Crippen molar-refractivity contribution < 1.29 is 4.74 Å². The molecule has 0 bridgehead atoms. The average Bonchev–Trinajstić information content (AvgIpc) is 2.86. The molecule has 0 amide bonds. The van der Waals surface area contributed by atoms with Gasteiger partial charge in [0.05, 0.1) is 24.5 Å². The van der Waals surface area contributed by atoms with E-state index in [9.17, 15) is 9.59 Å². The first-order valence-corrected chi connectivity index (χ1v) is 12.9. The highest BCUT2D eigenvalue weighted by Gasteiger charge is 2.24. The number of hydrogen-bond donors (Lipinski definition) is 2. The second-order valence-electron chi connectivity index (χ2n) is 8.91. The largest absolute Gasteiger partial charge is 0.382 e. The van der Waals surface area contributed by atoms with Crippen molar-refractivity contribution in [1.29, 1.82) is 0 Å². The molecule has 1 aromatic carbocycles. The van der Waals surface area contributed by atoms with Gasteiger partial charge in [-0.05, 0) is 73.2 Å². The van der Waals surface area contributed by atoms with Crippen molar-refractivity contribution in [3.8, 4) is 0 Å². The summed E-state index contributed by atoms with van der Waals surface area (Å²) in [5.74, 6) is 0.430. The Morgan fingerprint density at radius 2 is 2.03 bits per heavy atom. The second kappa shape index (κ2) is 10.5. The molecule has 8 nitrogen and oxygen atoms in total. The van der Waals surface area contributed by atoms with Gasteiger partial charge in [-0.15, -0.1) is 0 Å². The average molecular weight is 502 g/mol. The van der Waals surface area contributed by atoms with Gasteiger partial charge in [-0.2, -0.15) is 5.10 Å². The minimum atomic E-state index is -0.235. The Morgan fingerprint density at radius 3 is 2.82 bits per heavy atom. The van der Waals surface area contributed by atoms with Crippen molar-refractivity contribution in [3.05, 3.63) is 62.3 Å². The molecule has 4 heterocycles. The Balaban J connectivity index is 1.19. The van der Waals surface area contributed by atoms with E-state index in [2.05, 4.69) is 25.8 Å². The maximum Gasteiger partial charge on any atom is 0.287 e. The topological polar surface area (TPSA) is 92.2 Å². The molecule has 10 heteroatoms. The summed E-state index contributed by atoms with van der Waals surface area (Å²) >= 11 is 8.12. The van der Waals surface area contributed by atoms with Crippen LogP contribution in [-0.2, 0) is 4.74 Å². The number of anilines is 1. The van der Waals surface area contributed by atoms with Crippen LogP contribution in [0.15, 0.2) is 51.0 Å². The van der Waals surface area contributed by atoms with Crippen LogP contribution in [0.5, 0.6) is 0 Å². The highest BCUT2D eigenvalue weighted by atomic mass is 35.5. The molecule has 2 saturated heterocycles. The number of rotatable bonds is 6. The summed E-state index contributed by atoms with van der Waals surface area (Å²) in [6.45, 7) is 3.98. The number of benzene rings is 1. The third kappa shape index (κ3) is 5.33. The maximum absolute atomic E-state index is 12.9. The van der Waals surface area contributed by atoms with Crippen LogP contribution in [0.25, 0.3) is 10.9 Å². The number of hydrogen-bond acceptors (Lipinski definition) is 7. The summed E-state index contributed by atoms with van der Waals surface area (Å²) in [5.41, 5.74) is 1.10. The minimum absolute atomic E-state index is 0.0318. The van der Waals surface area contributed by atoms with Crippen LogP contribution >= 0.6 is 23.5 Å². The van der Waals surface area contributed by atoms with E-state index >= 15 is 0 Å². The van der Waals surface area contributed by atoms with Crippen molar-refractivity contribution in [3.63, 3.8) is 0 Å². The molecule has 2 aromatic heterocycles. The quantitative estimate of drug-likeness (QED) is 0.494. The molecule has 2 fully saturated rings. The zero-order chi connectivity index (χ0) is 23.5. The summed E-state index contributed by atoms with van der Waals surface area (Å²) in [5, 5.41) is 8.95. The van der Waals surface area contributed by atoms with Gasteiger partial charge in [-0.25, -0.2) is 8.99 Å². The fourth-order valence-corrected chi connectivity index (χ4v) is 5.77. The van der Waals surface area contributed by atoms with E-state index in [-0.39, 0.29) is 22.2 Å². The lowest BCUT2D eigenvalue weighted by atomic mass is 10.0. The monoisotopic (exact) mass is 501 g/mol. The fourth-order valence-electron chi connectivity index (χ4n) is 4.57. The molecule has 0 aliphatic carbocycles. The standard InChI is InChI=1S/C24H28ClN5O3S/c25-23-21(26-13-16-2-1-11-33-15-16)14-27-30(24(23)32)18-7-9-29(10-8-18)34-19-4-5-20-17(12-19)3-6-22(31)28-20/h3-6,12,14,16,18,26H,1-2,7-11,13,15H2,(H,28,31). The van der Waals surface area contributed by atoms with Gasteiger partial charge in [0.2, 0.25) is 5.56 Å². The third-order valence-electron chi connectivity index (χ3n) is 6.48. The third-order valence-corrected chi connectivity index (χ3v) is 7.93. The number of piperidine rings is 1. The maximum atomic E-state index is 12.9. The zero-order valence-corrected chi connectivity index (χ0v) is 20.4. The molecule has 0 radical (unpaired) electrons. The van der Waals surface area contributed by atoms with Crippen LogP contribution in [-0.4, -0.2) is 51.9 Å². The van der Waals surface area contributed by atoms with E-state index < -0.39 is 0 Å². The first-order chi connectivity index (χ1) is 16.6. The minimum Gasteiger partial charge on any atom is -0.382 e. The van der Waals surface area contributed by atoms with Gasteiger partial charge in [0.15, 0.2) is 0 Å². The number of fused-ring (bicyclic) bond motifs is 1. The molecule has 5 rings (SSSR count). The lowest BCUT2D eigenvalue weighted by Crippen LogP contribution is -2.36. The molecule has 1 atom stereocenters. The molecule has 0 spiro atoms. The lowest BCUT2D eigenvalue weighted by molar-refractivity contribution is 0.0595. The Kier molecular flexibility index (Phi) is 7.24. The summed E-state index contributed by atoms with van der Waals surface area (Å²) < 4.78 is 9.37. The predicted molar refractivity (Wildman–Crippen MR) is 136 cm³/mol. The van der Waals surface area contributed by atoms with Gasteiger partial charge in [-0.3, -0.25) is 9.59 Å². The van der Waals surface area contributed by atoms with E-state index in [0.717, 1.165) is 74.3 Å². The molecule has 2 aliphatic heterocycles. The van der Waals surface area contributed by atoms with Crippen molar-refractivity contribution in [2.45, 2.75) is 36.6 Å². The van der Waals surface area contributed by atoms with Crippen LogP contribution < -0.4 is 16.4 Å². The smallest absolute Gasteiger partial charge is 0.287 e. The SMILES string of the molecule is O=c1ccc2cc(SN3CCC(n4ncc(NCC5CCCOC5)c(Cl)c4=O)CC3)ccc2[nH]1. The number of ether oxygens (including phenoxy) is 1. The highest BCUT2D eigenvalue weighted by molar-refractivity contribution is 7.97. The molecule has 180 valence electrons. The molecular weight excluding hydrogens is 474 g/mol. The van der Waals surface area contributed by atoms with Gasteiger partial charge >= 0.3 is 0 Å². The normalized spacial score (nSPS) is 20.0. The molecule has 2 N–H and O–H groups in total. The van der Waals surface area contributed by atoms with E-state index in [4.69, 9.17) is 16.3 Å². The van der Waals surface area contributed by atoms with Crippen LogP contribution in [0.1, 0.15) is 31.7 Å². The van der Waals surface area contributed by atoms with Gasteiger partial charge in [-0.1, -0.05) is 11.6 Å². The molecule has 34 heavy (non-hydrogen) atoms. The Hall–Kier alpha value is -2.33. The molecule has 1 unspecified atom stereocenters. The number of nitrogens with zero attached hydrogens (tertiary/aromatic N) is 3. The Morgan fingerprint density at radius 1 is 1.18 bits per heavy atom. The summed E-state index contributed by atoms with van der Waals surface area (Å²) in [6, 6.07) is 9.46. The van der Waals surface area contributed by atoms with Gasteiger partial charge in [0.25, 0.3) is 5.56 Å². The van der Waals surface area contributed by atoms with Crippen molar-refractivity contribution in [1.82, 2.24) is 19.1 Å². The number of halogens is 1. The van der Waals surface area contributed by atoms with Gasteiger partial charge < -0.3 is 15.0 Å². The summed E-state index contributed by atoms with van der Waals surface area (Å²) in [4.78, 5) is 28.4. The Bertz CT molecular complexity index is 1270. The van der Waals surface area contributed by atoms with Gasteiger partial charge in [0, 0.05) is 42.7 Å².